The molecule has 0 saturated heterocycles. The van der Waals surface area contributed by atoms with Gasteiger partial charge in [0.2, 0.25) is 5.88 Å². The zero-order valence-corrected chi connectivity index (χ0v) is 11.3. The lowest BCUT2D eigenvalue weighted by Crippen LogP contribution is -2.14. The van der Waals surface area contributed by atoms with Gasteiger partial charge in [0.1, 0.15) is 12.1 Å². The molecule has 17 heavy (non-hydrogen) atoms. The summed E-state index contributed by atoms with van der Waals surface area (Å²) in [6.07, 6.45) is 4.73. The normalized spacial score (nSPS) is 12.2. The second-order valence-electron chi connectivity index (χ2n) is 4.12. The Hall–Kier alpha value is -1.32. The summed E-state index contributed by atoms with van der Waals surface area (Å²) in [5.74, 6) is 1.63. The van der Waals surface area contributed by atoms with E-state index in [4.69, 9.17) is 4.74 Å². The summed E-state index contributed by atoms with van der Waals surface area (Å²) < 4.78 is 5.84. The summed E-state index contributed by atoms with van der Waals surface area (Å²) in [5.41, 5.74) is 1.09. The molecule has 0 aliphatic rings. The Balaban J connectivity index is 2.96. The van der Waals surface area contributed by atoms with E-state index >= 15 is 0 Å². The van der Waals surface area contributed by atoms with E-state index in [1.165, 1.54) is 0 Å². The van der Waals surface area contributed by atoms with Crippen LogP contribution in [0.4, 0.5) is 5.82 Å². The molecule has 0 aromatic carbocycles. The highest BCUT2D eigenvalue weighted by Gasteiger charge is 2.13. The first-order valence-corrected chi connectivity index (χ1v) is 6.47. The van der Waals surface area contributed by atoms with Crippen LogP contribution in [0.15, 0.2) is 6.33 Å². The molecule has 1 rings (SSSR count). The first-order chi connectivity index (χ1) is 8.22. The number of hydrogen-bond donors (Lipinski definition) is 1. The average molecular weight is 237 g/mol. The van der Waals surface area contributed by atoms with Crippen LogP contribution in [0.25, 0.3) is 0 Å². The number of hydrogen-bond acceptors (Lipinski definition) is 4. The van der Waals surface area contributed by atoms with E-state index in [0.29, 0.717) is 0 Å². The standard InChI is InChI=1S/C13H23N3O/c1-5-8-11-12(14-7-3)15-9-16-13(11)17-10(4)6-2/h9-10H,5-8H2,1-4H3,(H,14,15,16). The Bertz CT molecular complexity index is 341. The van der Waals surface area contributed by atoms with Gasteiger partial charge in [-0.25, -0.2) is 9.97 Å². The molecule has 1 heterocycles. The maximum Gasteiger partial charge on any atom is 0.222 e. The zero-order valence-electron chi connectivity index (χ0n) is 11.3. The lowest BCUT2D eigenvalue weighted by Gasteiger charge is -2.17. The molecular formula is C13H23N3O. The third-order valence-electron chi connectivity index (χ3n) is 2.64. The van der Waals surface area contributed by atoms with Crippen molar-refractivity contribution in [3.8, 4) is 5.88 Å². The highest BCUT2D eigenvalue weighted by atomic mass is 16.5. The highest BCUT2D eigenvalue weighted by molar-refractivity contribution is 5.48. The van der Waals surface area contributed by atoms with Crippen molar-refractivity contribution in [1.82, 2.24) is 9.97 Å². The van der Waals surface area contributed by atoms with Gasteiger partial charge in [-0.05, 0) is 26.7 Å². The van der Waals surface area contributed by atoms with Crippen molar-refractivity contribution < 1.29 is 4.74 Å². The Kier molecular flexibility index (Phi) is 5.73. The van der Waals surface area contributed by atoms with Gasteiger partial charge in [0.15, 0.2) is 0 Å². The minimum absolute atomic E-state index is 0.190. The predicted molar refractivity (Wildman–Crippen MR) is 70.6 cm³/mol. The molecule has 0 spiro atoms. The lowest BCUT2D eigenvalue weighted by molar-refractivity contribution is 0.206. The molecule has 0 radical (unpaired) electrons. The molecule has 0 saturated carbocycles. The van der Waals surface area contributed by atoms with Crippen molar-refractivity contribution in [2.24, 2.45) is 0 Å². The van der Waals surface area contributed by atoms with Gasteiger partial charge >= 0.3 is 0 Å². The predicted octanol–water partition coefficient (Wildman–Crippen LogP) is 3.04. The van der Waals surface area contributed by atoms with Gasteiger partial charge in [-0.3, -0.25) is 0 Å². The third kappa shape index (κ3) is 3.88. The Morgan fingerprint density at radius 1 is 1.29 bits per heavy atom. The monoisotopic (exact) mass is 237 g/mol. The smallest absolute Gasteiger partial charge is 0.222 e. The fraction of sp³-hybridized carbons (Fsp3) is 0.692. The molecule has 1 aromatic rings. The number of anilines is 1. The van der Waals surface area contributed by atoms with Gasteiger partial charge in [-0.1, -0.05) is 20.3 Å². The van der Waals surface area contributed by atoms with Crippen LogP contribution in [-0.4, -0.2) is 22.6 Å². The molecule has 1 unspecified atom stereocenters. The Morgan fingerprint density at radius 2 is 2.06 bits per heavy atom. The summed E-state index contributed by atoms with van der Waals surface area (Å²) >= 11 is 0. The Morgan fingerprint density at radius 3 is 2.65 bits per heavy atom. The summed E-state index contributed by atoms with van der Waals surface area (Å²) in [6.45, 7) is 9.24. The van der Waals surface area contributed by atoms with E-state index in [1.54, 1.807) is 6.33 Å². The van der Waals surface area contributed by atoms with Crippen molar-refractivity contribution in [2.45, 2.75) is 53.1 Å². The van der Waals surface area contributed by atoms with Gasteiger partial charge in [0.25, 0.3) is 0 Å². The molecule has 0 aliphatic heterocycles. The molecule has 0 bridgehead atoms. The van der Waals surface area contributed by atoms with Crippen LogP contribution >= 0.6 is 0 Å². The van der Waals surface area contributed by atoms with Crippen molar-refractivity contribution in [3.63, 3.8) is 0 Å². The number of nitrogens with zero attached hydrogens (tertiary/aromatic N) is 2. The van der Waals surface area contributed by atoms with E-state index in [0.717, 1.165) is 43.1 Å². The first-order valence-electron chi connectivity index (χ1n) is 6.47. The largest absolute Gasteiger partial charge is 0.474 e. The second kappa shape index (κ2) is 7.09. The molecule has 4 nitrogen and oxygen atoms in total. The van der Waals surface area contributed by atoms with Gasteiger partial charge in [0, 0.05) is 6.54 Å². The summed E-state index contributed by atoms with van der Waals surface area (Å²) in [7, 11) is 0. The van der Waals surface area contributed by atoms with Crippen LogP contribution in [0, 0.1) is 0 Å². The maximum absolute atomic E-state index is 5.84. The molecule has 0 amide bonds. The van der Waals surface area contributed by atoms with Crippen molar-refractivity contribution in [1.29, 1.82) is 0 Å². The van der Waals surface area contributed by atoms with Gasteiger partial charge < -0.3 is 10.1 Å². The molecule has 4 heteroatoms. The number of ether oxygens (including phenoxy) is 1. The second-order valence-corrected chi connectivity index (χ2v) is 4.12. The quantitative estimate of drug-likeness (QED) is 0.791. The van der Waals surface area contributed by atoms with E-state index in [9.17, 15) is 0 Å². The van der Waals surface area contributed by atoms with E-state index in [2.05, 4.69) is 43.0 Å². The first kappa shape index (κ1) is 13.7. The van der Waals surface area contributed by atoms with Crippen molar-refractivity contribution in [3.05, 3.63) is 11.9 Å². The van der Waals surface area contributed by atoms with Crippen LogP contribution in [0.3, 0.4) is 0 Å². The van der Waals surface area contributed by atoms with E-state index in [-0.39, 0.29) is 6.10 Å². The fourth-order valence-corrected chi connectivity index (χ4v) is 1.57. The topological polar surface area (TPSA) is 47.0 Å². The van der Waals surface area contributed by atoms with Crippen molar-refractivity contribution >= 4 is 5.82 Å². The van der Waals surface area contributed by atoms with Crippen LogP contribution in [-0.2, 0) is 6.42 Å². The van der Waals surface area contributed by atoms with Gasteiger partial charge in [-0.15, -0.1) is 0 Å². The van der Waals surface area contributed by atoms with E-state index < -0.39 is 0 Å². The minimum Gasteiger partial charge on any atom is -0.474 e. The van der Waals surface area contributed by atoms with Crippen LogP contribution in [0.5, 0.6) is 5.88 Å². The van der Waals surface area contributed by atoms with Crippen LogP contribution in [0.1, 0.15) is 46.1 Å². The molecule has 1 aromatic heterocycles. The summed E-state index contributed by atoms with van der Waals surface area (Å²) in [4.78, 5) is 8.53. The molecular weight excluding hydrogens is 214 g/mol. The van der Waals surface area contributed by atoms with Crippen LogP contribution in [0.2, 0.25) is 0 Å². The summed E-state index contributed by atoms with van der Waals surface area (Å²) in [6, 6.07) is 0. The fourth-order valence-electron chi connectivity index (χ4n) is 1.57. The SMILES string of the molecule is CCCc1c(NCC)ncnc1OC(C)CC. The number of rotatable bonds is 7. The maximum atomic E-state index is 5.84. The van der Waals surface area contributed by atoms with Gasteiger partial charge in [-0.2, -0.15) is 0 Å². The minimum atomic E-state index is 0.190. The summed E-state index contributed by atoms with van der Waals surface area (Å²) in [5, 5.41) is 3.26. The molecule has 0 aliphatic carbocycles. The molecule has 0 fully saturated rings. The average Bonchev–Trinajstić information content (AvgIpc) is 2.33. The molecule has 1 N–H and O–H groups in total. The zero-order chi connectivity index (χ0) is 12.7. The van der Waals surface area contributed by atoms with Crippen LogP contribution < -0.4 is 10.1 Å². The highest BCUT2D eigenvalue weighted by Crippen LogP contribution is 2.24. The van der Waals surface area contributed by atoms with E-state index in [1.807, 2.05) is 0 Å². The Labute approximate surface area is 104 Å². The number of nitrogens with one attached hydrogen (secondary N) is 1. The van der Waals surface area contributed by atoms with Crippen molar-refractivity contribution in [2.75, 3.05) is 11.9 Å². The third-order valence-corrected chi connectivity index (χ3v) is 2.64. The molecule has 1 atom stereocenters. The number of aromatic nitrogens is 2. The molecule has 96 valence electrons. The van der Waals surface area contributed by atoms with Gasteiger partial charge in [0.05, 0.1) is 11.7 Å². The lowest BCUT2D eigenvalue weighted by atomic mass is 10.1.